The SMILES string of the molecule is C[C@@H]1CN(Cc2cc(C(F)(F)F)c3cn(-c4cccc([C@@H](c5nncn5C)C5CCC5)c4)c(=O)n3c2)CCO1. The molecule has 3 aromatic heterocycles. The maximum absolute atomic E-state index is 14.2. The average Bonchev–Trinajstić information content (AvgIpc) is 3.43. The van der Waals surface area contributed by atoms with Gasteiger partial charge in [-0.1, -0.05) is 18.6 Å². The van der Waals surface area contributed by atoms with E-state index in [4.69, 9.17) is 4.74 Å². The van der Waals surface area contributed by atoms with Crippen LogP contribution in [0.15, 0.2) is 53.8 Å². The van der Waals surface area contributed by atoms with Gasteiger partial charge in [-0.2, -0.15) is 13.2 Å². The summed E-state index contributed by atoms with van der Waals surface area (Å²) in [6.07, 6.45) is 3.18. The number of aryl methyl sites for hydroxylation is 1. The Kier molecular flexibility index (Phi) is 6.58. The predicted octanol–water partition coefficient (Wildman–Crippen LogP) is 4.39. The van der Waals surface area contributed by atoms with Crippen molar-refractivity contribution in [2.45, 2.75) is 50.9 Å². The fourth-order valence-corrected chi connectivity index (χ4v) is 5.88. The van der Waals surface area contributed by atoms with Gasteiger partial charge in [-0.15, -0.1) is 10.2 Å². The third-order valence-corrected chi connectivity index (χ3v) is 8.01. The molecule has 1 saturated heterocycles. The van der Waals surface area contributed by atoms with Crippen molar-refractivity contribution in [3.8, 4) is 5.69 Å². The second kappa shape index (κ2) is 9.95. The molecule has 2 fully saturated rings. The summed E-state index contributed by atoms with van der Waals surface area (Å²) >= 11 is 0. The van der Waals surface area contributed by atoms with Crippen LogP contribution in [-0.2, 0) is 24.5 Å². The number of nitrogens with zero attached hydrogens (tertiary/aromatic N) is 6. The fourth-order valence-electron chi connectivity index (χ4n) is 5.88. The molecule has 0 radical (unpaired) electrons. The zero-order valence-corrected chi connectivity index (χ0v) is 21.9. The van der Waals surface area contributed by atoms with E-state index in [0.717, 1.165) is 41.1 Å². The van der Waals surface area contributed by atoms with Gasteiger partial charge in [-0.3, -0.25) is 13.9 Å². The molecule has 39 heavy (non-hydrogen) atoms. The summed E-state index contributed by atoms with van der Waals surface area (Å²) in [7, 11) is 1.91. The molecule has 1 aliphatic carbocycles. The van der Waals surface area contributed by atoms with E-state index in [9.17, 15) is 18.0 Å². The van der Waals surface area contributed by atoms with Gasteiger partial charge in [0.2, 0.25) is 0 Å². The summed E-state index contributed by atoms with van der Waals surface area (Å²) in [5.41, 5.74) is 0.395. The van der Waals surface area contributed by atoms with Gasteiger partial charge in [0, 0.05) is 45.0 Å². The lowest BCUT2D eigenvalue weighted by atomic mass is 9.72. The van der Waals surface area contributed by atoms with Gasteiger partial charge in [-0.05, 0) is 55.0 Å². The third-order valence-electron chi connectivity index (χ3n) is 8.01. The smallest absolute Gasteiger partial charge is 0.376 e. The maximum atomic E-state index is 14.2. The van der Waals surface area contributed by atoms with Crippen LogP contribution in [0.1, 0.15) is 54.6 Å². The molecule has 1 saturated carbocycles. The monoisotopic (exact) mass is 540 g/mol. The average molecular weight is 541 g/mol. The second-order valence-electron chi connectivity index (χ2n) is 10.8. The molecule has 0 bridgehead atoms. The molecule has 2 atom stereocenters. The molecule has 0 spiro atoms. The van der Waals surface area contributed by atoms with Crippen LogP contribution in [0.2, 0.25) is 0 Å². The number of morpholine rings is 1. The first-order chi connectivity index (χ1) is 18.7. The predicted molar refractivity (Wildman–Crippen MR) is 139 cm³/mol. The lowest BCUT2D eigenvalue weighted by Crippen LogP contribution is -2.40. The van der Waals surface area contributed by atoms with Crippen molar-refractivity contribution < 1.29 is 17.9 Å². The molecule has 206 valence electrons. The number of pyridine rings is 1. The minimum Gasteiger partial charge on any atom is -0.376 e. The summed E-state index contributed by atoms with van der Waals surface area (Å²) < 4.78 is 52.5. The molecule has 6 rings (SSSR count). The standard InChI is InChI=1S/C28H31F3N6O2/c1-18-13-35(9-10-39-18)14-19-11-23(28(29,30)31)24-16-36(27(38)37(24)15-19)22-8-4-7-21(12-22)25(20-5-3-6-20)26-33-32-17-34(26)2/h4,7-8,11-12,15-18,20,25H,3,5-6,9-10,13-14H2,1-2H3/t18-,25+/m1/s1. The van der Waals surface area contributed by atoms with Gasteiger partial charge < -0.3 is 9.30 Å². The first-order valence-electron chi connectivity index (χ1n) is 13.3. The van der Waals surface area contributed by atoms with Gasteiger partial charge in [0.1, 0.15) is 12.2 Å². The Morgan fingerprint density at radius 3 is 2.67 bits per heavy atom. The van der Waals surface area contributed by atoms with Crippen molar-refractivity contribution in [1.82, 2.24) is 28.6 Å². The Morgan fingerprint density at radius 1 is 1.18 bits per heavy atom. The number of benzene rings is 1. The number of alkyl halides is 3. The summed E-state index contributed by atoms with van der Waals surface area (Å²) in [4.78, 5) is 15.6. The van der Waals surface area contributed by atoms with E-state index in [0.29, 0.717) is 43.4 Å². The van der Waals surface area contributed by atoms with Crippen LogP contribution < -0.4 is 5.69 Å². The van der Waals surface area contributed by atoms with Gasteiger partial charge in [0.25, 0.3) is 0 Å². The van der Waals surface area contributed by atoms with Crippen LogP contribution in [0.4, 0.5) is 13.2 Å². The number of halogens is 3. The molecular formula is C28H31F3N6O2. The molecule has 1 aromatic carbocycles. The Hall–Kier alpha value is -3.44. The lowest BCUT2D eigenvalue weighted by Gasteiger charge is -2.33. The van der Waals surface area contributed by atoms with Crippen LogP contribution in [0.3, 0.4) is 0 Å². The second-order valence-corrected chi connectivity index (χ2v) is 10.8. The zero-order chi connectivity index (χ0) is 27.3. The minimum atomic E-state index is -4.61. The molecule has 4 aromatic rings. The quantitative estimate of drug-likeness (QED) is 0.363. The maximum Gasteiger partial charge on any atom is 0.418 e. The lowest BCUT2D eigenvalue weighted by molar-refractivity contribution is -0.136. The van der Waals surface area contributed by atoms with Gasteiger partial charge in [0.15, 0.2) is 0 Å². The number of rotatable bonds is 6. The van der Waals surface area contributed by atoms with Crippen LogP contribution in [-0.4, -0.2) is 54.4 Å². The summed E-state index contributed by atoms with van der Waals surface area (Å²) in [6.45, 7) is 4.02. The van der Waals surface area contributed by atoms with E-state index in [1.54, 1.807) is 12.4 Å². The topological polar surface area (TPSA) is 69.6 Å². The summed E-state index contributed by atoms with van der Waals surface area (Å²) in [6, 6.07) is 8.64. The molecule has 0 N–H and O–H groups in total. The number of hydrogen-bond acceptors (Lipinski definition) is 5. The molecule has 0 amide bonds. The van der Waals surface area contributed by atoms with Crippen molar-refractivity contribution in [3.63, 3.8) is 0 Å². The van der Waals surface area contributed by atoms with Crippen LogP contribution >= 0.6 is 0 Å². The van der Waals surface area contributed by atoms with E-state index < -0.39 is 17.4 Å². The van der Waals surface area contributed by atoms with E-state index in [1.807, 2.05) is 41.6 Å². The first kappa shape index (κ1) is 25.8. The van der Waals surface area contributed by atoms with Crippen molar-refractivity contribution in [2.24, 2.45) is 13.0 Å². The van der Waals surface area contributed by atoms with E-state index in [2.05, 4.69) is 10.2 Å². The van der Waals surface area contributed by atoms with E-state index >= 15 is 0 Å². The minimum absolute atomic E-state index is 0.00552. The Labute approximate surface area is 223 Å². The summed E-state index contributed by atoms with van der Waals surface area (Å²) in [5.74, 6) is 1.23. The summed E-state index contributed by atoms with van der Waals surface area (Å²) in [5, 5.41) is 8.41. The normalized spacial score (nSPS) is 19.9. The van der Waals surface area contributed by atoms with E-state index in [-0.39, 0.29) is 17.5 Å². The zero-order valence-electron chi connectivity index (χ0n) is 21.9. The molecule has 2 aliphatic rings. The number of hydrogen-bond donors (Lipinski definition) is 0. The van der Waals surface area contributed by atoms with Crippen LogP contribution in [0.5, 0.6) is 0 Å². The Bertz CT molecular complexity index is 1550. The number of fused-ring (bicyclic) bond motifs is 1. The highest BCUT2D eigenvalue weighted by molar-refractivity contribution is 5.58. The van der Waals surface area contributed by atoms with Crippen LogP contribution in [0, 0.1) is 5.92 Å². The van der Waals surface area contributed by atoms with Crippen molar-refractivity contribution >= 4 is 5.52 Å². The highest BCUT2D eigenvalue weighted by Crippen LogP contribution is 2.43. The molecule has 1 aliphatic heterocycles. The highest BCUT2D eigenvalue weighted by atomic mass is 19.4. The van der Waals surface area contributed by atoms with Gasteiger partial charge >= 0.3 is 11.9 Å². The largest absolute Gasteiger partial charge is 0.418 e. The Balaban J connectivity index is 1.42. The highest BCUT2D eigenvalue weighted by Gasteiger charge is 2.35. The Morgan fingerprint density at radius 2 is 2.00 bits per heavy atom. The van der Waals surface area contributed by atoms with Gasteiger partial charge in [-0.25, -0.2) is 4.79 Å². The number of imidazole rings is 1. The van der Waals surface area contributed by atoms with Crippen molar-refractivity contribution in [2.75, 3.05) is 19.7 Å². The van der Waals surface area contributed by atoms with Crippen molar-refractivity contribution in [3.05, 3.63) is 82.1 Å². The molecule has 8 nitrogen and oxygen atoms in total. The fraction of sp³-hybridized carbons (Fsp3) is 0.464. The molecule has 4 heterocycles. The van der Waals surface area contributed by atoms with E-state index in [1.165, 1.54) is 17.0 Å². The van der Waals surface area contributed by atoms with Gasteiger partial charge in [0.05, 0.1) is 29.5 Å². The number of ether oxygens (including phenoxy) is 1. The number of aromatic nitrogens is 5. The first-order valence-corrected chi connectivity index (χ1v) is 13.3. The van der Waals surface area contributed by atoms with Crippen LogP contribution in [0.25, 0.3) is 11.2 Å². The van der Waals surface area contributed by atoms with Crippen molar-refractivity contribution in [1.29, 1.82) is 0 Å². The molecule has 0 unspecified atom stereocenters. The molecular weight excluding hydrogens is 509 g/mol. The third kappa shape index (κ3) is 4.89. The molecule has 11 heteroatoms.